The maximum atomic E-state index is 11.9. The van der Waals surface area contributed by atoms with E-state index < -0.39 is 0 Å². The van der Waals surface area contributed by atoms with Gasteiger partial charge in [0.05, 0.1) is 11.3 Å². The number of nitrogens with one attached hydrogen (secondary N) is 2. The van der Waals surface area contributed by atoms with E-state index in [2.05, 4.69) is 26.9 Å². The summed E-state index contributed by atoms with van der Waals surface area (Å²) in [4.78, 5) is 13.9. The van der Waals surface area contributed by atoms with Crippen LogP contribution in [0.25, 0.3) is 0 Å². The van der Waals surface area contributed by atoms with Gasteiger partial charge in [-0.1, -0.05) is 12.1 Å². The molecule has 1 amide bonds. The van der Waals surface area contributed by atoms with Crippen LogP contribution in [-0.4, -0.2) is 48.2 Å². The number of benzene rings is 1. The van der Waals surface area contributed by atoms with Crippen LogP contribution in [0.3, 0.4) is 0 Å². The maximum Gasteiger partial charge on any atom is 0.271 e. The van der Waals surface area contributed by atoms with Crippen LogP contribution in [-0.2, 0) is 0 Å². The van der Waals surface area contributed by atoms with E-state index in [1.54, 1.807) is 30.3 Å². The van der Waals surface area contributed by atoms with Crippen LogP contribution in [0.5, 0.6) is 0 Å². The Balaban J connectivity index is 1.99. The van der Waals surface area contributed by atoms with Crippen LogP contribution >= 0.6 is 0 Å². The fourth-order valence-electron chi connectivity index (χ4n) is 1.83. The Hall–Kier alpha value is -2.98. The second kappa shape index (κ2) is 7.87. The van der Waals surface area contributed by atoms with Gasteiger partial charge >= 0.3 is 0 Å². The van der Waals surface area contributed by atoms with Crippen LogP contribution in [0.1, 0.15) is 16.1 Å². The predicted molar refractivity (Wildman–Crippen MR) is 87.4 cm³/mol. The first kappa shape index (κ1) is 16.4. The lowest BCUT2D eigenvalue weighted by Gasteiger charge is -2.10. The van der Waals surface area contributed by atoms with E-state index in [-0.39, 0.29) is 11.6 Å². The lowest BCUT2D eigenvalue weighted by Crippen LogP contribution is -2.31. The molecule has 2 aromatic rings. The van der Waals surface area contributed by atoms with Gasteiger partial charge in [-0.15, -0.1) is 10.2 Å². The summed E-state index contributed by atoms with van der Waals surface area (Å²) in [6, 6.07) is 12.4. The maximum absolute atomic E-state index is 11.9. The van der Waals surface area contributed by atoms with Gasteiger partial charge in [-0.3, -0.25) is 4.79 Å². The molecule has 0 saturated heterocycles. The molecule has 0 saturated carbocycles. The van der Waals surface area contributed by atoms with Crippen molar-refractivity contribution in [1.29, 1.82) is 5.26 Å². The summed E-state index contributed by atoms with van der Waals surface area (Å²) in [5.74, 6) is 0.209. The SMILES string of the molecule is CN(C)CCNC(=O)c1ccc(Nc2ccccc2C#N)nn1. The normalized spacial score (nSPS) is 10.2. The molecule has 1 heterocycles. The molecule has 0 aliphatic heterocycles. The third kappa shape index (κ3) is 4.76. The van der Waals surface area contributed by atoms with Crippen molar-refractivity contribution in [2.24, 2.45) is 0 Å². The van der Waals surface area contributed by atoms with Crippen molar-refractivity contribution >= 4 is 17.4 Å². The minimum absolute atomic E-state index is 0.253. The summed E-state index contributed by atoms with van der Waals surface area (Å²) in [5.41, 5.74) is 1.41. The average molecular weight is 310 g/mol. The van der Waals surface area contributed by atoms with Gasteiger partial charge in [0.1, 0.15) is 6.07 Å². The van der Waals surface area contributed by atoms with Gasteiger partial charge in [-0.05, 0) is 38.4 Å². The molecule has 7 heteroatoms. The zero-order valence-corrected chi connectivity index (χ0v) is 13.1. The van der Waals surface area contributed by atoms with Gasteiger partial charge in [-0.25, -0.2) is 0 Å². The first-order chi connectivity index (χ1) is 11.1. The fraction of sp³-hybridized carbons (Fsp3) is 0.250. The van der Waals surface area contributed by atoms with Crippen molar-refractivity contribution in [2.75, 3.05) is 32.5 Å². The molecule has 118 valence electrons. The Morgan fingerprint density at radius 2 is 2.00 bits per heavy atom. The van der Waals surface area contributed by atoms with Crippen LogP contribution < -0.4 is 10.6 Å². The number of hydrogen-bond acceptors (Lipinski definition) is 6. The second-order valence-corrected chi connectivity index (χ2v) is 5.15. The highest BCUT2D eigenvalue weighted by molar-refractivity contribution is 5.92. The quantitative estimate of drug-likeness (QED) is 0.837. The number of hydrogen-bond donors (Lipinski definition) is 2. The third-order valence-corrected chi connectivity index (χ3v) is 3.05. The number of amides is 1. The molecule has 0 radical (unpaired) electrons. The van der Waals surface area contributed by atoms with Gasteiger partial charge in [0, 0.05) is 13.1 Å². The highest BCUT2D eigenvalue weighted by atomic mass is 16.1. The third-order valence-electron chi connectivity index (χ3n) is 3.05. The Morgan fingerprint density at radius 3 is 2.65 bits per heavy atom. The largest absolute Gasteiger partial charge is 0.349 e. The fourth-order valence-corrected chi connectivity index (χ4v) is 1.83. The first-order valence-electron chi connectivity index (χ1n) is 7.13. The molecule has 23 heavy (non-hydrogen) atoms. The van der Waals surface area contributed by atoms with Crippen LogP contribution in [0.2, 0.25) is 0 Å². The van der Waals surface area contributed by atoms with Crippen molar-refractivity contribution < 1.29 is 4.79 Å². The molecule has 0 unspecified atom stereocenters. The summed E-state index contributed by atoms with van der Waals surface area (Å²) in [7, 11) is 3.87. The van der Waals surface area contributed by atoms with E-state index >= 15 is 0 Å². The number of carbonyl (C=O) groups is 1. The Morgan fingerprint density at radius 1 is 1.22 bits per heavy atom. The predicted octanol–water partition coefficient (Wildman–Crippen LogP) is 1.38. The molecule has 1 aromatic heterocycles. The number of anilines is 2. The number of carbonyl (C=O) groups excluding carboxylic acids is 1. The topological polar surface area (TPSA) is 93.9 Å². The molecule has 0 bridgehead atoms. The molecule has 0 aliphatic carbocycles. The molecule has 7 nitrogen and oxygen atoms in total. The molecule has 0 spiro atoms. The zero-order chi connectivity index (χ0) is 16.7. The number of nitrogens with zero attached hydrogens (tertiary/aromatic N) is 4. The van der Waals surface area contributed by atoms with E-state index in [9.17, 15) is 4.79 Å². The molecule has 0 fully saturated rings. The average Bonchev–Trinajstić information content (AvgIpc) is 2.55. The van der Waals surface area contributed by atoms with Crippen LogP contribution in [0.4, 0.5) is 11.5 Å². The van der Waals surface area contributed by atoms with E-state index in [1.807, 2.05) is 25.1 Å². The van der Waals surface area contributed by atoms with Crippen LogP contribution in [0, 0.1) is 11.3 Å². The van der Waals surface area contributed by atoms with Gasteiger partial charge in [0.2, 0.25) is 0 Å². The summed E-state index contributed by atoms with van der Waals surface area (Å²) >= 11 is 0. The van der Waals surface area contributed by atoms with E-state index in [1.165, 1.54) is 0 Å². The van der Waals surface area contributed by atoms with Crippen molar-refractivity contribution in [3.8, 4) is 6.07 Å². The van der Waals surface area contributed by atoms with E-state index in [0.717, 1.165) is 6.54 Å². The van der Waals surface area contributed by atoms with E-state index in [0.29, 0.717) is 23.6 Å². The number of likely N-dealkylation sites (N-methyl/N-ethyl adjacent to an activating group) is 1. The molecule has 0 atom stereocenters. The number of nitriles is 1. The smallest absolute Gasteiger partial charge is 0.271 e. The first-order valence-corrected chi connectivity index (χ1v) is 7.13. The lowest BCUT2D eigenvalue weighted by atomic mass is 10.2. The molecular weight excluding hydrogens is 292 g/mol. The molecule has 1 aromatic carbocycles. The zero-order valence-electron chi connectivity index (χ0n) is 13.1. The number of para-hydroxylation sites is 1. The summed E-state index contributed by atoms with van der Waals surface area (Å²) < 4.78 is 0. The van der Waals surface area contributed by atoms with Crippen molar-refractivity contribution in [3.63, 3.8) is 0 Å². The monoisotopic (exact) mass is 310 g/mol. The highest BCUT2D eigenvalue weighted by Crippen LogP contribution is 2.18. The Labute approximate surface area is 134 Å². The van der Waals surface area contributed by atoms with Crippen molar-refractivity contribution in [2.45, 2.75) is 0 Å². The summed E-state index contributed by atoms with van der Waals surface area (Å²) in [6.45, 7) is 1.30. The van der Waals surface area contributed by atoms with E-state index in [4.69, 9.17) is 5.26 Å². The molecule has 2 N–H and O–H groups in total. The number of rotatable bonds is 6. The van der Waals surface area contributed by atoms with Crippen molar-refractivity contribution in [3.05, 3.63) is 47.7 Å². The van der Waals surface area contributed by atoms with Gasteiger partial charge in [0.25, 0.3) is 5.91 Å². The van der Waals surface area contributed by atoms with Crippen molar-refractivity contribution in [1.82, 2.24) is 20.4 Å². The second-order valence-electron chi connectivity index (χ2n) is 5.15. The van der Waals surface area contributed by atoms with Gasteiger partial charge < -0.3 is 15.5 Å². The minimum Gasteiger partial charge on any atom is -0.349 e. The molecule has 0 aliphatic rings. The minimum atomic E-state index is -0.261. The highest BCUT2D eigenvalue weighted by Gasteiger charge is 2.08. The Bertz CT molecular complexity index is 705. The van der Waals surface area contributed by atoms with Crippen LogP contribution in [0.15, 0.2) is 36.4 Å². The summed E-state index contributed by atoms with van der Waals surface area (Å²) in [5, 5.41) is 22.7. The lowest BCUT2D eigenvalue weighted by molar-refractivity contribution is 0.0945. The van der Waals surface area contributed by atoms with Gasteiger partial charge in [0.15, 0.2) is 11.5 Å². The number of aromatic nitrogens is 2. The molecule has 2 rings (SSSR count). The van der Waals surface area contributed by atoms with Gasteiger partial charge in [-0.2, -0.15) is 5.26 Å². The standard InChI is InChI=1S/C16H18N6O/c1-22(2)10-9-18-16(23)14-7-8-15(21-20-14)19-13-6-4-3-5-12(13)11-17/h3-8H,9-10H2,1-2H3,(H,18,23)(H,19,21). The Kier molecular flexibility index (Phi) is 5.61. The molecular formula is C16H18N6O. The summed E-state index contributed by atoms with van der Waals surface area (Å²) in [6.07, 6.45) is 0.